The van der Waals surface area contributed by atoms with E-state index in [1.54, 1.807) is 13.8 Å². The minimum Gasteiger partial charge on any atom is -0.462 e. The van der Waals surface area contributed by atoms with Gasteiger partial charge in [-0.3, -0.25) is 0 Å². The molecule has 148 valence electrons. The van der Waals surface area contributed by atoms with E-state index in [1.807, 2.05) is 48.5 Å². The molecule has 4 heteroatoms. The summed E-state index contributed by atoms with van der Waals surface area (Å²) >= 11 is 0. The molecule has 0 amide bonds. The number of rotatable bonds is 4. The van der Waals surface area contributed by atoms with Crippen LogP contribution in [0.5, 0.6) is 0 Å². The molecule has 0 aliphatic heterocycles. The maximum absolute atomic E-state index is 12.5. The van der Waals surface area contributed by atoms with Crippen LogP contribution >= 0.6 is 0 Å². The highest BCUT2D eigenvalue weighted by Crippen LogP contribution is 2.42. The Kier molecular flexibility index (Phi) is 4.28. The second kappa shape index (κ2) is 6.99. The van der Waals surface area contributed by atoms with Gasteiger partial charge in [-0.15, -0.1) is 0 Å². The average molecular weight is 396 g/mol. The highest BCUT2D eigenvalue weighted by molar-refractivity contribution is 6.35. The van der Waals surface area contributed by atoms with Crippen molar-refractivity contribution in [3.63, 3.8) is 0 Å². The van der Waals surface area contributed by atoms with E-state index in [4.69, 9.17) is 9.47 Å². The van der Waals surface area contributed by atoms with Gasteiger partial charge in [-0.25, -0.2) is 9.59 Å². The quantitative estimate of drug-likeness (QED) is 0.210. The van der Waals surface area contributed by atoms with Crippen molar-refractivity contribution >= 4 is 55.0 Å². The van der Waals surface area contributed by atoms with Crippen LogP contribution < -0.4 is 0 Å². The van der Waals surface area contributed by atoms with Gasteiger partial charge in [0.25, 0.3) is 0 Å². The van der Waals surface area contributed by atoms with E-state index in [9.17, 15) is 9.59 Å². The van der Waals surface area contributed by atoms with Crippen molar-refractivity contribution in [2.75, 3.05) is 13.2 Å². The van der Waals surface area contributed by atoms with Crippen molar-refractivity contribution in [1.29, 1.82) is 0 Å². The fourth-order valence-electron chi connectivity index (χ4n) is 4.48. The predicted octanol–water partition coefficient (Wildman–Crippen LogP) is 6.09. The first-order chi connectivity index (χ1) is 14.7. The molecule has 0 radical (unpaired) electrons. The number of fused-ring (bicyclic) bond motifs is 2. The standard InChI is InChI=1S/C26H20O4/c1-3-29-25(27)21-13-11-19-16-8-6-10-18-22(26(28)30-4-2)14-12-20(24(16)18)15-7-5-9-17(21)23(15)19/h5-14H,3-4H2,1-2H3. The first-order valence-electron chi connectivity index (χ1n) is 10.1. The molecule has 0 atom stereocenters. The lowest BCUT2D eigenvalue weighted by atomic mass is 9.87. The molecule has 0 aliphatic carbocycles. The number of hydrogen-bond donors (Lipinski definition) is 0. The summed E-state index contributed by atoms with van der Waals surface area (Å²) in [6, 6.07) is 19.6. The van der Waals surface area contributed by atoms with E-state index in [-0.39, 0.29) is 11.9 Å². The predicted molar refractivity (Wildman–Crippen MR) is 120 cm³/mol. The van der Waals surface area contributed by atoms with Crippen molar-refractivity contribution in [3.8, 4) is 0 Å². The fourth-order valence-corrected chi connectivity index (χ4v) is 4.48. The van der Waals surface area contributed by atoms with Gasteiger partial charge < -0.3 is 9.47 Å². The SMILES string of the molecule is CCOC(=O)c1ccc2c3cccc4c(C(=O)OCC)ccc(c5cccc1c52)c43. The van der Waals surface area contributed by atoms with E-state index in [0.29, 0.717) is 24.3 Å². The van der Waals surface area contributed by atoms with E-state index >= 15 is 0 Å². The Morgan fingerprint density at radius 1 is 0.567 bits per heavy atom. The first kappa shape index (κ1) is 18.4. The molecule has 0 saturated heterocycles. The highest BCUT2D eigenvalue weighted by Gasteiger charge is 2.20. The van der Waals surface area contributed by atoms with E-state index < -0.39 is 0 Å². The minimum atomic E-state index is -0.317. The van der Waals surface area contributed by atoms with Gasteiger partial charge in [-0.05, 0) is 69.1 Å². The molecule has 0 heterocycles. The molecule has 0 fully saturated rings. The van der Waals surface area contributed by atoms with Crippen molar-refractivity contribution < 1.29 is 19.1 Å². The van der Waals surface area contributed by atoms with Crippen molar-refractivity contribution in [1.82, 2.24) is 0 Å². The normalized spacial score (nSPS) is 11.5. The van der Waals surface area contributed by atoms with Crippen LogP contribution in [-0.4, -0.2) is 25.2 Å². The molecule has 0 bridgehead atoms. The number of esters is 2. The smallest absolute Gasteiger partial charge is 0.338 e. The molecule has 5 rings (SSSR count). The summed E-state index contributed by atoms with van der Waals surface area (Å²) in [7, 11) is 0. The lowest BCUT2D eigenvalue weighted by molar-refractivity contribution is 0.0519. The number of benzene rings is 5. The Balaban J connectivity index is 1.94. The van der Waals surface area contributed by atoms with Gasteiger partial charge in [0, 0.05) is 0 Å². The molecule has 0 N–H and O–H groups in total. The Bertz CT molecular complexity index is 1320. The molecule has 0 unspecified atom stereocenters. The third-order valence-electron chi connectivity index (χ3n) is 5.65. The Hall–Kier alpha value is -3.66. The maximum Gasteiger partial charge on any atom is 0.338 e. The van der Waals surface area contributed by atoms with Crippen LogP contribution in [0.4, 0.5) is 0 Å². The van der Waals surface area contributed by atoms with Gasteiger partial charge in [0.15, 0.2) is 0 Å². The summed E-state index contributed by atoms with van der Waals surface area (Å²) in [6.45, 7) is 4.28. The van der Waals surface area contributed by atoms with Gasteiger partial charge in [0.2, 0.25) is 0 Å². The van der Waals surface area contributed by atoms with Crippen LogP contribution in [0, 0.1) is 0 Å². The van der Waals surface area contributed by atoms with Gasteiger partial charge >= 0.3 is 11.9 Å². The summed E-state index contributed by atoms with van der Waals surface area (Å²) in [5, 5.41) is 8.01. The average Bonchev–Trinajstić information content (AvgIpc) is 2.77. The van der Waals surface area contributed by atoms with Crippen LogP contribution in [0.3, 0.4) is 0 Å². The third-order valence-corrected chi connectivity index (χ3v) is 5.65. The molecule has 0 spiro atoms. The summed E-state index contributed by atoms with van der Waals surface area (Å²) in [4.78, 5) is 25.1. The lowest BCUT2D eigenvalue weighted by Crippen LogP contribution is -2.06. The second-order valence-corrected chi connectivity index (χ2v) is 7.22. The van der Waals surface area contributed by atoms with Crippen LogP contribution in [0.2, 0.25) is 0 Å². The first-order valence-corrected chi connectivity index (χ1v) is 10.1. The molecule has 0 aromatic heterocycles. The maximum atomic E-state index is 12.5. The van der Waals surface area contributed by atoms with Gasteiger partial charge in [-0.1, -0.05) is 48.5 Å². The van der Waals surface area contributed by atoms with Crippen LogP contribution in [0.15, 0.2) is 60.7 Å². The Morgan fingerprint density at radius 3 is 1.33 bits per heavy atom. The third kappa shape index (κ3) is 2.53. The molecule has 30 heavy (non-hydrogen) atoms. The summed E-state index contributed by atoms with van der Waals surface area (Å²) in [5.41, 5.74) is 1.13. The second-order valence-electron chi connectivity index (χ2n) is 7.22. The number of carbonyl (C=O) groups excluding carboxylic acids is 2. The Morgan fingerprint density at radius 2 is 0.933 bits per heavy atom. The van der Waals surface area contributed by atoms with Crippen molar-refractivity contribution in [3.05, 3.63) is 71.8 Å². The van der Waals surface area contributed by atoms with Gasteiger partial charge in [0.05, 0.1) is 24.3 Å². The number of carbonyl (C=O) groups is 2. The number of ether oxygens (including phenoxy) is 2. The van der Waals surface area contributed by atoms with Gasteiger partial charge in [0.1, 0.15) is 0 Å². The zero-order chi connectivity index (χ0) is 20.8. The summed E-state index contributed by atoms with van der Waals surface area (Å²) in [6.07, 6.45) is 0. The fraction of sp³-hybridized carbons (Fsp3) is 0.154. The molecule has 0 saturated carbocycles. The molecule has 4 nitrogen and oxygen atoms in total. The zero-order valence-corrected chi connectivity index (χ0v) is 16.8. The molecule has 5 aromatic carbocycles. The molecular formula is C26H20O4. The van der Waals surface area contributed by atoms with Crippen molar-refractivity contribution in [2.24, 2.45) is 0 Å². The van der Waals surface area contributed by atoms with Crippen LogP contribution in [0.25, 0.3) is 43.1 Å². The topological polar surface area (TPSA) is 52.6 Å². The Labute approximate surface area is 173 Å². The minimum absolute atomic E-state index is 0.317. The molecule has 5 aromatic rings. The van der Waals surface area contributed by atoms with E-state index in [1.165, 1.54) is 0 Å². The van der Waals surface area contributed by atoms with Crippen LogP contribution in [0.1, 0.15) is 34.6 Å². The van der Waals surface area contributed by atoms with Gasteiger partial charge in [-0.2, -0.15) is 0 Å². The monoisotopic (exact) mass is 396 g/mol. The van der Waals surface area contributed by atoms with Crippen LogP contribution in [-0.2, 0) is 9.47 Å². The highest BCUT2D eigenvalue weighted by atomic mass is 16.5. The molecule has 0 aliphatic rings. The molecular weight excluding hydrogens is 376 g/mol. The summed E-state index contributed by atoms with van der Waals surface area (Å²) in [5.74, 6) is -0.634. The van der Waals surface area contributed by atoms with Crippen molar-refractivity contribution in [2.45, 2.75) is 13.8 Å². The zero-order valence-electron chi connectivity index (χ0n) is 16.8. The lowest BCUT2D eigenvalue weighted by Gasteiger charge is -2.17. The van der Waals surface area contributed by atoms with E-state index in [2.05, 4.69) is 12.1 Å². The van der Waals surface area contributed by atoms with E-state index in [0.717, 1.165) is 43.1 Å². The largest absolute Gasteiger partial charge is 0.462 e. The summed E-state index contributed by atoms with van der Waals surface area (Å²) < 4.78 is 10.5. The number of hydrogen-bond acceptors (Lipinski definition) is 4.